The van der Waals surface area contributed by atoms with Crippen molar-refractivity contribution in [1.29, 1.82) is 0 Å². The number of hydrogen-bond donors (Lipinski definition) is 1. The number of methoxy groups -OCH3 is 2. The average molecular weight is 560 g/mol. The number of rotatable bonds is 10. The molecule has 3 aromatic heterocycles. The molecule has 200 valence electrons. The molecular weight excluding hydrogens is 534 g/mol. The van der Waals surface area contributed by atoms with Crippen LogP contribution in [-0.4, -0.2) is 53.5 Å². The summed E-state index contributed by atoms with van der Waals surface area (Å²) < 4.78 is 45.4. The molecule has 0 aliphatic heterocycles. The molecule has 0 fully saturated rings. The Bertz CT molecular complexity index is 1530. The maximum Gasteiger partial charge on any atom is 0.221 e. The van der Waals surface area contributed by atoms with Gasteiger partial charge in [0.15, 0.2) is 21.4 Å². The molecule has 4 aromatic rings. The van der Waals surface area contributed by atoms with E-state index in [0.717, 1.165) is 0 Å². The third-order valence-corrected chi connectivity index (χ3v) is 8.03. The van der Waals surface area contributed by atoms with Gasteiger partial charge in [-0.05, 0) is 37.3 Å². The molecule has 3 heterocycles. The SMILES string of the molecule is COc1cccc(OC)c1-n1c(CS(=O)(=O)[C@@H](C)Cc2ncc(Cl)cc2NC(C)=O)nnc1-c1ccco1. The second-order valence-corrected chi connectivity index (χ2v) is 11.3. The number of pyridine rings is 1. The minimum absolute atomic E-state index is 0.0340. The maximum atomic E-state index is 13.6. The number of carbonyl (C=O) groups is 1. The van der Waals surface area contributed by atoms with Crippen LogP contribution in [-0.2, 0) is 26.8 Å². The van der Waals surface area contributed by atoms with E-state index < -0.39 is 20.8 Å². The summed E-state index contributed by atoms with van der Waals surface area (Å²) in [4.78, 5) is 15.9. The Morgan fingerprint density at radius 2 is 1.87 bits per heavy atom. The van der Waals surface area contributed by atoms with Crippen LogP contribution in [0.4, 0.5) is 5.69 Å². The Kier molecular flexibility index (Phi) is 8.02. The molecule has 0 radical (unpaired) electrons. The van der Waals surface area contributed by atoms with Gasteiger partial charge in [0, 0.05) is 19.5 Å². The van der Waals surface area contributed by atoms with Gasteiger partial charge in [0.25, 0.3) is 0 Å². The van der Waals surface area contributed by atoms with Crippen LogP contribution in [0, 0.1) is 0 Å². The number of para-hydroxylation sites is 1. The van der Waals surface area contributed by atoms with Gasteiger partial charge in [-0.15, -0.1) is 10.2 Å². The lowest BCUT2D eigenvalue weighted by Gasteiger charge is -2.18. The lowest BCUT2D eigenvalue weighted by molar-refractivity contribution is -0.114. The Morgan fingerprint density at radius 1 is 1.16 bits per heavy atom. The zero-order valence-electron chi connectivity index (χ0n) is 21.1. The number of sulfone groups is 1. The Hall–Kier alpha value is -3.90. The van der Waals surface area contributed by atoms with Crippen molar-refractivity contribution in [3.8, 4) is 28.8 Å². The first-order chi connectivity index (χ1) is 18.1. The molecular formula is C25H26ClN5O6S. The van der Waals surface area contributed by atoms with E-state index in [1.54, 1.807) is 41.8 Å². The fourth-order valence-electron chi connectivity index (χ4n) is 3.91. The predicted molar refractivity (Wildman–Crippen MR) is 142 cm³/mol. The maximum absolute atomic E-state index is 13.6. The van der Waals surface area contributed by atoms with Crippen molar-refractivity contribution >= 4 is 33.0 Å². The molecule has 4 rings (SSSR count). The van der Waals surface area contributed by atoms with Crippen LogP contribution in [0.1, 0.15) is 25.4 Å². The topological polar surface area (TPSA) is 138 Å². The molecule has 0 aliphatic carbocycles. The summed E-state index contributed by atoms with van der Waals surface area (Å²) in [5.74, 6) is 0.872. The highest BCUT2D eigenvalue weighted by Gasteiger charge is 2.30. The standard InChI is InChI=1S/C25H26ClN5O6S/c1-15(11-18-19(28-16(2)32)12-17(26)13-27-18)38(33,34)14-23-29-30-25(22-9-6-10-37-22)31(23)24-20(35-3)7-5-8-21(24)36-4/h5-10,12-13,15H,11,14H2,1-4H3,(H,28,32)/t15-/m0/s1. The first-order valence-electron chi connectivity index (χ1n) is 11.5. The van der Waals surface area contributed by atoms with Crippen molar-refractivity contribution in [2.75, 3.05) is 19.5 Å². The van der Waals surface area contributed by atoms with E-state index in [0.29, 0.717) is 39.4 Å². The number of nitrogens with one attached hydrogen (secondary N) is 1. The molecule has 0 bridgehead atoms. The number of halogens is 1. The summed E-state index contributed by atoms with van der Waals surface area (Å²) in [5, 5.41) is 10.5. The number of nitrogens with zero attached hydrogens (tertiary/aromatic N) is 4. The van der Waals surface area contributed by atoms with E-state index in [2.05, 4.69) is 20.5 Å². The van der Waals surface area contributed by atoms with Crippen LogP contribution in [0.15, 0.2) is 53.3 Å². The highest BCUT2D eigenvalue weighted by molar-refractivity contribution is 7.91. The van der Waals surface area contributed by atoms with Crippen LogP contribution in [0.3, 0.4) is 0 Å². The molecule has 0 aliphatic rings. The van der Waals surface area contributed by atoms with Gasteiger partial charge in [-0.2, -0.15) is 0 Å². The number of amides is 1. The molecule has 1 aromatic carbocycles. The van der Waals surface area contributed by atoms with Crippen LogP contribution < -0.4 is 14.8 Å². The van der Waals surface area contributed by atoms with Gasteiger partial charge in [-0.3, -0.25) is 14.3 Å². The predicted octanol–water partition coefficient (Wildman–Crippen LogP) is 4.10. The monoisotopic (exact) mass is 559 g/mol. The summed E-state index contributed by atoms with van der Waals surface area (Å²) in [7, 11) is -0.814. The first-order valence-corrected chi connectivity index (χ1v) is 13.6. The minimum Gasteiger partial charge on any atom is -0.494 e. The number of carbonyl (C=O) groups excluding carboxylic acids is 1. The normalized spacial score (nSPS) is 12.2. The van der Waals surface area contributed by atoms with Gasteiger partial charge in [0.05, 0.1) is 42.1 Å². The molecule has 1 amide bonds. The van der Waals surface area contributed by atoms with Gasteiger partial charge in [0.1, 0.15) is 22.9 Å². The Balaban J connectivity index is 1.75. The number of furan rings is 1. The number of ether oxygens (including phenoxy) is 2. The zero-order chi connectivity index (χ0) is 27.4. The summed E-state index contributed by atoms with van der Waals surface area (Å²) >= 11 is 6.03. The van der Waals surface area contributed by atoms with Crippen LogP contribution in [0.2, 0.25) is 5.02 Å². The highest BCUT2D eigenvalue weighted by atomic mass is 35.5. The average Bonchev–Trinajstić information content (AvgIpc) is 3.54. The van der Waals surface area contributed by atoms with E-state index in [1.165, 1.54) is 39.7 Å². The highest BCUT2D eigenvalue weighted by Crippen LogP contribution is 2.37. The van der Waals surface area contributed by atoms with Gasteiger partial charge in [0.2, 0.25) is 11.7 Å². The van der Waals surface area contributed by atoms with Gasteiger partial charge in [-0.1, -0.05) is 17.7 Å². The van der Waals surface area contributed by atoms with Crippen LogP contribution in [0.25, 0.3) is 17.3 Å². The first kappa shape index (κ1) is 27.1. The fraction of sp³-hybridized carbons (Fsp3) is 0.280. The second kappa shape index (κ2) is 11.2. The van der Waals surface area contributed by atoms with Crippen molar-refractivity contribution < 1.29 is 27.1 Å². The van der Waals surface area contributed by atoms with E-state index in [4.69, 9.17) is 25.5 Å². The smallest absolute Gasteiger partial charge is 0.221 e. The van der Waals surface area contributed by atoms with Crippen LogP contribution >= 0.6 is 11.6 Å². The van der Waals surface area contributed by atoms with E-state index in [-0.39, 0.29) is 24.0 Å². The lowest BCUT2D eigenvalue weighted by Crippen LogP contribution is -2.25. The fourth-order valence-corrected chi connectivity index (χ4v) is 5.31. The molecule has 0 saturated heterocycles. The van der Waals surface area contributed by atoms with Crippen molar-refractivity contribution in [2.45, 2.75) is 31.3 Å². The quantitative estimate of drug-likeness (QED) is 0.304. The molecule has 1 N–H and O–H groups in total. The Labute approximate surface area is 224 Å². The minimum atomic E-state index is -3.81. The summed E-state index contributed by atoms with van der Waals surface area (Å²) in [6, 6.07) is 10.1. The van der Waals surface area contributed by atoms with Crippen LogP contribution in [0.5, 0.6) is 11.5 Å². The number of aromatic nitrogens is 4. The van der Waals surface area contributed by atoms with E-state index >= 15 is 0 Å². The third-order valence-electron chi connectivity index (χ3n) is 5.77. The number of benzene rings is 1. The van der Waals surface area contributed by atoms with Crippen molar-refractivity contribution in [2.24, 2.45) is 0 Å². The van der Waals surface area contributed by atoms with E-state index in [9.17, 15) is 13.2 Å². The van der Waals surface area contributed by atoms with Crippen molar-refractivity contribution in [1.82, 2.24) is 19.7 Å². The largest absolute Gasteiger partial charge is 0.494 e. The lowest BCUT2D eigenvalue weighted by atomic mass is 10.2. The van der Waals surface area contributed by atoms with Gasteiger partial charge in [-0.25, -0.2) is 8.42 Å². The molecule has 1 atom stereocenters. The van der Waals surface area contributed by atoms with Gasteiger partial charge < -0.3 is 19.2 Å². The third kappa shape index (κ3) is 5.65. The molecule has 13 heteroatoms. The number of anilines is 1. The summed E-state index contributed by atoms with van der Waals surface area (Å²) in [5.41, 5.74) is 1.18. The molecule has 38 heavy (non-hydrogen) atoms. The second-order valence-electron chi connectivity index (χ2n) is 8.41. The molecule has 11 nitrogen and oxygen atoms in total. The number of hydrogen-bond acceptors (Lipinski definition) is 9. The van der Waals surface area contributed by atoms with E-state index in [1.807, 2.05) is 0 Å². The van der Waals surface area contributed by atoms with Crippen molar-refractivity contribution in [3.63, 3.8) is 0 Å². The summed E-state index contributed by atoms with van der Waals surface area (Å²) in [6.45, 7) is 2.92. The van der Waals surface area contributed by atoms with Crippen molar-refractivity contribution in [3.05, 3.63) is 65.4 Å². The molecule has 0 unspecified atom stereocenters. The molecule has 0 saturated carbocycles. The molecule has 0 spiro atoms. The Morgan fingerprint density at radius 3 is 2.47 bits per heavy atom. The zero-order valence-corrected chi connectivity index (χ0v) is 22.7. The van der Waals surface area contributed by atoms with Gasteiger partial charge >= 0.3 is 0 Å². The summed E-state index contributed by atoms with van der Waals surface area (Å²) in [6.07, 6.45) is 2.92.